The second-order valence-corrected chi connectivity index (χ2v) is 7.03. The van der Waals surface area contributed by atoms with Crippen LogP contribution < -0.4 is 0 Å². The van der Waals surface area contributed by atoms with E-state index in [9.17, 15) is 0 Å². The second-order valence-electron chi connectivity index (χ2n) is 7.03. The summed E-state index contributed by atoms with van der Waals surface area (Å²) in [5.41, 5.74) is 6.77. The molecule has 0 aliphatic heterocycles. The highest BCUT2D eigenvalue weighted by Crippen LogP contribution is 2.49. The number of benzene rings is 1. The van der Waals surface area contributed by atoms with Crippen LogP contribution >= 0.6 is 0 Å². The molecule has 0 heteroatoms. The second kappa shape index (κ2) is 3.86. The van der Waals surface area contributed by atoms with Gasteiger partial charge in [0.05, 0.1) is 0 Å². The first kappa shape index (κ1) is 12.7. The summed E-state index contributed by atoms with van der Waals surface area (Å²) < 4.78 is 0. The van der Waals surface area contributed by atoms with Gasteiger partial charge in [-0.05, 0) is 66.2 Å². The number of fused-ring (bicyclic) bond motifs is 1. The average molecular weight is 230 g/mol. The Morgan fingerprint density at radius 3 is 2.24 bits per heavy atom. The number of hydrogen-bond donors (Lipinski definition) is 0. The monoisotopic (exact) mass is 230 g/mol. The maximum Gasteiger partial charge on any atom is -0.00238 e. The molecule has 0 fully saturated rings. The van der Waals surface area contributed by atoms with Crippen LogP contribution in [-0.4, -0.2) is 0 Å². The Labute approximate surface area is 106 Å². The minimum atomic E-state index is 0.332. The summed E-state index contributed by atoms with van der Waals surface area (Å²) in [4.78, 5) is 0. The zero-order valence-corrected chi connectivity index (χ0v) is 12.3. The van der Waals surface area contributed by atoms with Crippen LogP contribution in [0.3, 0.4) is 0 Å². The summed E-state index contributed by atoms with van der Waals surface area (Å²) in [5, 5.41) is 0. The van der Waals surface area contributed by atoms with Crippen molar-refractivity contribution in [3.8, 4) is 0 Å². The number of aryl methyl sites for hydroxylation is 3. The predicted octanol–water partition coefficient (Wildman–Crippen LogP) is 4.94. The molecule has 0 heterocycles. The van der Waals surface area contributed by atoms with Crippen molar-refractivity contribution >= 4 is 0 Å². The summed E-state index contributed by atoms with van der Waals surface area (Å²) in [7, 11) is 0. The molecule has 1 aromatic rings. The summed E-state index contributed by atoms with van der Waals surface area (Å²) >= 11 is 0. The van der Waals surface area contributed by atoms with Crippen LogP contribution in [0.4, 0.5) is 0 Å². The fraction of sp³-hybridized carbons (Fsp3) is 0.647. The van der Waals surface area contributed by atoms with Gasteiger partial charge >= 0.3 is 0 Å². The van der Waals surface area contributed by atoms with Crippen LogP contribution in [0, 0.1) is 19.3 Å². The Bertz CT molecular complexity index is 434. The lowest BCUT2D eigenvalue weighted by Crippen LogP contribution is -2.40. The van der Waals surface area contributed by atoms with E-state index in [1.807, 2.05) is 0 Å². The first-order valence-corrected chi connectivity index (χ1v) is 6.86. The summed E-state index contributed by atoms with van der Waals surface area (Å²) in [6.45, 7) is 14.1. The van der Waals surface area contributed by atoms with Gasteiger partial charge in [0, 0.05) is 0 Å². The minimum absolute atomic E-state index is 0.332. The van der Waals surface area contributed by atoms with Gasteiger partial charge in [-0.2, -0.15) is 0 Å². The van der Waals surface area contributed by atoms with E-state index >= 15 is 0 Å². The van der Waals surface area contributed by atoms with Crippen molar-refractivity contribution in [1.82, 2.24) is 0 Å². The molecule has 0 saturated heterocycles. The summed E-state index contributed by atoms with van der Waals surface area (Å²) in [6.07, 6.45) is 3.93. The fourth-order valence-corrected chi connectivity index (χ4v) is 3.14. The minimum Gasteiger partial charge on any atom is -0.0593 e. The van der Waals surface area contributed by atoms with Crippen molar-refractivity contribution in [2.24, 2.45) is 5.41 Å². The molecule has 1 aromatic carbocycles. The molecule has 0 nitrogen and oxygen atoms in total. The van der Waals surface area contributed by atoms with Crippen LogP contribution in [-0.2, 0) is 11.8 Å². The molecular weight excluding hydrogens is 204 g/mol. The Kier molecular flexibility index (Phi) is 2.88. The zero-order chi connectivity index (χ0) is 12.8. The van der Waals surface area contributed by atoms with Gasteiger partial charge in [0.1, 0.15) is 0 Å². The van der Waals surface area contributed by atoms with Crippen molar-refractivity contribution in [2.75, 3.05) is 0 Å². The van der Waals surface area contributed by atoms with E-state index < -0.39 is 0 Å². The molecule has 2 rings (SSSR count). The third-order valence-corrected chi connectivity index (χ3v) is 5.09. The molecule has 0 spiro atoms. The van der Waals surface area contributed by atoms with E-state index in [-0.39, 0.29) is 0 Å². The lowest BCUT2D eigenvalue weighted by molar-refractivity contribution is 0.175. The number of rotatable bonds is 0. The van der Waals surface area contributed by atoms with Gasteiger partial charge < -0.3 is 0 Å². The lowest BCUT2D eigenvalue weighted by Gasteiger charge is -2.46. The van der Waals surface area contributed by atoms with E-state index in [1.165, 1.54) is 30.4 Å². The number of hydrogen-bond acceptors (Lipinski definition) is 0. The third kappa shape index (κ3) is 1.92. The first-order valence-electron chi connectivity index (χ1n) is 6.86. The first-order chi connectivity index (χ1) is 7.75. The highest BCUT2D eigenvalue weighted by molar-refractivity contribution is 5.44. The summed E-state index contributed by atoms with van der Waals surface area (Å²) in [5.74, 6) is 0. The maximum atomic E-state index is 2.46. The van der Waals surface area contributed by atoms with Gasteiger partial charge in [-0.1, -0.05) is 39.8 Å². The van der Waals surface area contributed by atoms with E-state index in [0.717, 1.165) is 0 Å². The SMILES string of the molecule is Cc1cc2c(cc1C)C(C)(C(C)(C)C)CCC2. The maximum absolute atomic E-state index is 2.46. The molecule has 0 N–H and O–H groups in total. The van der Waals surface area contributed by atoms with Crippen LogP contribution in [0.2, 0.25) is 0 Å². The van der Waals surface area contributed by atoms with Crippen molar-refractivity contribution in [3.63, 3.8) is 0 Å². The zero-order valence-electron chi connectivity index (χ0n) is 12.3. The van der Waals surface area contributed by atoms with Gasteiger partial charge in [-0.15, -0.1) is 0 Å². The van der Waals surface area contributed by atoms with Crippen LogP contribution in [0.5, 0.6) is 0 Å². The quantitative estimate of drug-likeness (QED) is 0.592. The fourth-order valence-electron chi connectivity index (χ4n) is 3.14. The predicted molar refractivity (Wildman–Crippen MR) is 75.7 cm³/mol. The largest absolute Gasteiger partial charge is 0.0593 e. The molecule has 0 aromatic heterocycles. The highest BCUT2D eigenvalue weighted by atomic mass is 14.5. The van der Waals surface area contributed by atoms with E-state index in [1.54, 1.807) is 11.1 Å². The van der Waals surface area contributed by atoms with E-state index in [2.05, 4.69) is 53.7 Å². The lowest BCUT2D eigenvalue weighted by atomic mass is 9.58. The smallest absolute Gasteiger partial charge is 0.00238 e. The van der Waals surface area contributed by atoms with Gasteiger partial charge in [0.2, 0.25) is 0 Å². The van der Waals surface area contributed by atoms with Gasteiger partial charge in [-0.25, -0.2) is 0 Å². The molecule has 0 bridgehead atoms. The van der Waals surface area contributed by atoms with Crippen molar-refractivity contribution in [1.29, 1.82) is 0 Å². The summed E-state index contributed by atoms with van der Waals surface area (Å²) in [6, 6.07) is 4.88. The Morgan fingerprint density at radius 1 is 1.06 bits per heavy atom. The molecule has 0 amide bonds. The molecular formula is C17H26. The molecule has 1 aliphatic carbocycles. The van der Waals surface area contributed by atoms with E-state index in [0.29, 0.717) is 10.8 Å². The topological polar surface area (TPSA) is 0 Å². The van der Waals surface area contributed by atoms with Crippen LogP contribution in [0.1, 0.15) is 62.8 Å². The van der Waals surface area contributed by atoms with Crippen LogP contribution in [0.25, 0.3) is 0 Å². The van der Waals surface area contributed by atoms with E-state index in [4.69, 9.17) is 0 Å². The van der Waals surface area contributed by atoms with Gasteiger partial charge in [0.15, 0.2) is 0 Å². The Hall–Kier alpha value is -0.780. The van der Waals surface area contributed by atoms with Gasteiger partial charge in [0.25, 0.3) is 0 Å². The Balaban J connectivity index is 2.62. The molecule has 94 valence electrons. The average Bonchev–Trinajstić information content (AvgIpc) is 2.20. The van der Waals surface area contributed by atoms with Gasteiger partial charge in [-0.3, -0.25) is 0 Å². The third-order valence-electron chi connectivity index (χ3n) is 5.09. The molecule has 1 atom stereocenters. The molecule has 1 aliphatic rings. The Morgan fingerprint density at radius 2 is 1.65 bits per heavy atom. The van der Waals surface area contributed by atoms with Crippen molar-refractivity contribution in [3.05, 3.63) is 34.4 Å². The van der Waals surface area contributed by atoms with Crippen molar-refractivity contribution < 1.29 is 0 Å². The van der Waals surface area contributed by atoms with Crippen molar-refractivity contribution in [2.45, 2.75) is 66.2 Å². The normalized spacial score (nSPS) is 24.6. The molecule has 1 unspecified atom stereocenters. The molecule has 0 radical (unpaired) electrons. The molecule has 0 saturated carbocycles. The van der Waals surface area contributed by atoms with Crippen LogP contribution in [0.15, 0.2) is 12.1 Å². The standard InChI is InChI=1S/C17H26/c1-12-10-14-8-7-9-17(6,16(3,4)5)15(14)11-13(12)2/h10-11H,7-9H2,1-6H3. The molecule has 17 heavy (non-hydrogen) atoms. The highest BCUT2D eigenvalue weighted by Gasteiger charge is 2.41.